The van der Waals surface area contributed by atoms with Crippen LogP contribution in [0.2, 0.25) is 5.02 Å². The predicted molar refractivity (Wildman–Crippen MR) is 144 cm³/mol. The van der Waals surface area contributed by atoms with Gasteiger partial charge in [-0.25, -0.2) is 13.1 Å². The molecule has 0 radical (unpaired) electrons. The molecule has 206 valence electrons. The molecule has 2 aromatic carbocycles. The first-order valence-corrected chi connectivity index (χ1v) is 14.7. The molecule has 2 atom stereocenters. The van der Waals surface area contributed by atoms with Crippen molar-refractivity contribution in [3.8, 4) is 5.75 Å². The van der Waals surface area contributed by atoms with Crippen molar-refractivity contribution in [2.45, 2.75) is 62.6 Å². The van der Waals surface area contributed by atoms with E-state index in [0.717, 1.165) is 16.7 Å². The van der Waals surface area contributed by atoms with E-state index >= 15 is 0 Å². The molecule has 2 aromatic rings. The fraction of sp³-hybridized carbons (Fsp3) is 0.481. The fourth-order valence-electron chi connectivity index (χ4n) is 4.90. The molecule has 0 aromatic heterocycles. The van der Waals surface area contributed by atoms with Crippen LogP contribution in [0.25, 0.3) is 0 Å². The Labute approximate surface area is 228 Å². The van der Waals surface area contributed by atoms with E-state index in [1.807, 2.05) is 13.0 Å². The molecule has 1 aliphatic carbocycles. The highest BCUT2D eigenvalue weighted by molar-refractivity contribution is 7.89. The van der Waals surface area contributed by atoms with E-state index in [9.17, 15) is 18.0 Å². The van der Waals surface area contributed by atoms with Gasteiger partial charge in [-0.1, -0.05) is 24.6 Å². The van der Waals surface area contributed by atoms with Gasteiger partial charge in [0.25, 0.3) is 0 Å². The summed E-state index contributed by atoms with van der Waals surface area (Å²) in [6, 6.07) is 9.61. The number of amides is 2. The number of nitrogens with zero attached hydrogens (tertiary/aromatic N) is 1. The SMILES string of the molecule is CCCNS(=O)(=O)c1ccc2c(c1)CC(N(Cc1cc(Cl)ccc1OCCOC)C(=O)C1CCC(=O)N1)C2. The van der Waals surface area contributed by atoms with Crippen molar-refractivity contribution in [1.29, 1.82) is 0 Å². The van der Waals surface area contributed by atoms with E-state index < -0.39 is 16.1 Å². The highest BCUT2D eigenvalue weighted by Crippen LogP contribution is 2.32. The molecule has 4 rings (SSSR count). The zero-order chi connectivity index (χ0) is 27.3. The van der Waals surface area contributed by atoms with E-state index in [2.05, 4.69) is 10.0 Å². The maximum absolute atomic E-state index is 13.7. The van der Waals surface area contributed by atoms with Crippen LogP contribution in [-0.4, -0.2) is 64.1 Å². The van der Waals surface area contributed by atoms with Crippen molar-refractivity contribution in [1.82, 2.24) is 14.9 Å². The Morgan fingerprint density at radius 1 is 1.16 bits per heavy atom. The molecule has 9 nitrogen and oxygen atoms in total. The number of hydrogen-bond donors (Lipinski definition) is 2. The third kappa shape index (κ3) is 6.66. The number of sulfonamides is 1. The Bertz CT molecular complexity index is 1290. The van der Waals surface area contributed by atoms with Crippen LogP contribution in [0.15, 0.2) is 41.3 Å². The van der Waals surface area contributed by atoms with Crippen molar-refractivity contribution >= 4 is 33.4 Å². The summed E-state index contributed by atoms with van der Waals surface area (Å²) in [6.45, 7) is 3.26. The van der Waals surface area contributed by atoms with Gasteiger partial charge in [-0.15, -0.1) is 0 Å². The first kappa shape index (κ1) is 28.4. The van der Waals surface area contributed by atoms with Crippen LogP contribution in [0.3, 0.4) is 0 Å². The first-order valence-electron chi connectivity index (χ1n) is 12.8. The molecule has 2 aliphatic rings. The van der Waals surface area contributed by atoms with Gasteiger partial charge in [-0.2, -0.15) is 0 Å². The van der Waals surface area contributed by atoms with Gasteiger partial charge in [0.05, 0.1) is 11.5 Å². The van der Waals surface area contributed by atoms with Crippen molar-refractivity contribution in [3.63, 3.8) is 0 Å². The average molecular weight is 564 g/mol. The summed E-state index contributed by atoms with van der Waals surface area (Å²) in [5, 5.41) is 3.31. The Kier molecular flexibility index (Phi) is 9.30. The number of fused-ring (bicyclic) bond motifs is 1. The monoisotopic (exact) mass is 563 g/mol. The standard InChI is InChI=1S/C27H34ClN3O6S/c1-3-10-29-38(34,35)23-6-4-18-14-22(15-19(18)16-23)31(27(33)24-7-9-26(32)30-24)17-20-13-21(28)5-8-25(20)37-12-11-36-2/h4-6,8,13,16,22,24,29H,3,7,9-12,14-15,17H2,1-2H3,(H,30,32). The molecular formula is C27H34ClN3O6S. The maximum Gasteiger partial charge on any atom is 0.245 e. The van der Waals surface area contributed by atoms with Gasteiger partial charge in [-0.3, -0.25) is 9.59 Å². The quantitative estimate of drug-likeness (QED) is 0.384. The lowest BCUT2D eigenvalue weighted by Gasteiger charge is -2.32. The Hall–Kier alpha value is -2.66. The Morgan fingerprint density at radius 2 is 1.95 bits per heavy atom. The van der Waals surface area contributed by atoms with Gasteiger partial charge in [0.1, 0.15) is 18.4 Å². The minimum absolute atomic E-state index is 0.140. The molecule has 1 fully saturated rings. The summed E-state index contributed by atoms with van der Waals surface area (Å²) in [5.41, 5.74) is 2.64. The van der Waals surface area contributed by atoms with E-state index in [-0.39, 0.29) is 29.3 Å². The molecule has 1 saturated heterocycles. The number of rotatable bonds is 12. The molecule has 38 heavy (non-hydrogen) atoms. The molecule has 2 N–H and O–H groups in total. The highest BCUT2D eigenvalue weighted by Gasteiger charge is 2.37. The fourth-order valence-corrected chi connectivity index (χ4v) is 6.27. The lowest BCUT2D eigenvalue weighted by molar-refractivity contribution is -0.137. The number of carbonyl (C=O) groups excluding carboxylic acids is 2. The number of methoxy groups -OCH3 is 1. The molecule has 11 heteroatoms. The predicted octanol–water partition coefficient (Wildman–Crippen LogP) is 2.83. The number of halogens is 1. The van der Waals surface area contributed by atoms with Gasteiger partial charge in [0.15, 0.2) is 0 Å². The summed E-state index contributed by atoms with van der Waals surface area (Å²) in [4.78, 5) is 27.6. The lowest BCUT2D eigenvalue weighted by Crippen LogP contribution is -2.49. The molecule has 0 saturated carbocycles. The second-order valence-corrected chi connectivity index (χ2v) is 11.8. The normalized spacial score (nSPS) is 18.8. The van der Waals surface area contributed by atoms with Gasteiger partial charge in [0, 0.05) is 43.2 Å². The Morgan fingerprint density at radius 3 is 2.66 bits per heavy atom. The summed E-state index contributed by atoms with van der Waals surface area (Å²) in [5.74, 6) is 0.290. The van der Waals surface area contributed by atoms with Crippen LogP contribution in [0, 0.1) is 0 Å². The second kappa shape index (κ2) is 12.5. The third-order valence-electron chi connectivity index (χ3n) is 6.87. The van der Waals surface area contributed by atoms with Crippen LogP contribution in [0.4, 0.5) is 0 Å². The van der Waals surface area contributed by atoms with E-state index in [1.165, 1.54) is 0 Å². The summed E-state index contributed by atoms with van der Waals surface area (Å²) < 4.78 is 39.0. The number of ether oxygens (including phenoxy) is 2. The van der Waals surface area contributed by atoms with Crippen LogP contribution < -0.4 is 14.8 Å². The summed E-state index contributed by atoms with van der Waals surface area (Å²) in [7, 11) is -2.01. The summed E-state index contributed by atoms with van der Waals surface area (Å²) >= 11 is 6.31. The van der Waals surface area contributed by atoms with Crippen LogP contribution in [0.5, 0.6) is 5.75 Å². The molecule has 1 aliphatic heterocycles. The minimum atomic E-state index is -3.61. The second-order valence-electron chi connectivity index (χ2n) is 9.61. The zero-order valence-corrected chi connectivity index (χ0v) is 23.2. The zero-order valence-electron chi connectivity index (χ0n) is 21.7. The third-order valence-corrected chi connectivity index (χ3v) is 8.56. The number of carbonyl (C=O) groups is 2. The van der Waals surface area contributed by atoms with Gasteiger partial charge in [-0.05, 0) is 67.1 Å². The molecule has 1 heterocycles. The smallest absolute Gasteiger partial charge is 0.245 e. The van der Waals surface area contributed by atoms with Crippen molar-refractivity contribution in [2.24, 2.45) is 0 Å². The number of benzene rings is 2. The van der Waals surface area contributed by atoms with E-state index in [4.69, 9.17) is 21.1 Å². The molecule has 2 amide bonds. The van der Waals surface area contributed by atoms with Gasteiger partial charge >= 0.3 is 0 Å². The molecule has 2 unspecified atom stereocenters. The molecular weight excluding hydrogens is 530 g/mol. The van der Waals surface area contributed by atoms with E-state index in [1.54, 1.807) is 42.3 Å². The average Bonchev–Trinajstić information content (AvgIpc) is 3.52. The van der Waals surface area contributed by atoms with Crippen LogP contribution in [-0.2, 0) is 43.7 Å². The van der Waals surface area contributed by atoms with Gasteiger partial charge < -0.3 is 19.7 Å². The minimum Gasteiger partial charge on any atom is -0.491 e. The highest BCUT2D eigenvalue weighted by atomic mass is 35.5. The van der Waals surface area contributed by atoms with Gasteiger partial charge in [0.2, 0.25) is 21.8 Å². The van der Waals surface area contributed by atoms with E-state index in [0.29, 0.717) is 62.6 Å². The summed E-state index contributed by atoms with van der Waals surface area (Å²) in [6.07, 6.45) is 2.52. The lowest BCUT2D eigenvalue weighted by atomic mass is 10.1. The number of nitrogens with one attached hydrogen (secondary N) is 2. The maximum atomic E-state index is 13.7. The Balaban J connectivity index is 1.61. The topological polar surface area (TPSA) is 114 Å². The van der Waals surface area contributed by atoms with Crippen LogP contribution >= 0.6 is 11.6 Å². The van der Waals surface area contributed by atoms with Crippen molar-refractivity contribution < 1.29 is 27.5 Å². The first-order chi connectivity index (χ1) is 18.2. The van der Waals surface area contributed by atoms with Crippen molar-refractivity contribution in [3.05, 3.63) is 58.1 Å². The van der Waals surface area contributed by atoms with Crippen molar-refractivity contribution in [2.75, 3.05) is 26.9 Å². The van der Waals surface area contributed by atoms with Crippen LogP contribution in [0.1, 0.15) is 42.9 Å². The molecule has 0 spiro atoms. The molecule has 0 bridgehead atoms. The number of hydrogen-bond acceptors (Lipinski definition) is 6. The largest absolute Gasteiger partial charge is 0.491 e.